The van der Waals surface area contributed by atoms with Gasteiger partial charge in [0.15, 0.2) is 0 Å². The van der Waals surface area contributed by atoms with Crippen LogP contribution < -0.4 is 4.90 Å². The summed E-state index contributed by atoms with van der Waals surface area (Å²) in [6, 6.07) is 18.6. The van der Waals surface area contributed by atoms with Crippen LogP contribution >= 0.6 is 0 Å². The molecule has 1 aliphatic rings. The highest BCUT2D eigenvalue weighted by Crippen LogP contribution is 2.36. The first-order valence-corrected chi connectivity index (χ1v) is 6.64. The van der Waals surface area contributed by atoms with Crippen molar-refractivity contribution in [3.63, 3.8) is 0 Å². The van der Waals surface area contributed by atoms with E-state index in [1.54, 1.807) is 0 Å². The Kier molecular flexibility index (Phi) is 2.97. The van der Waals surface area contributed by atoms with Gasteiger partial charge in [-0.1, -0.05) is 37.3 Å². The highest BCUT2D eigenvalue weighted by atomic mass is 15.1. The van der Waals surface area contributed by atoms with E-state index in [0.29, 0.717) is 5.92 Å². The van der Waals surface area contributed by atoms with Crippen LogP contribution in [0.1, 0.15) is 18.1 Å². The van der Waals surface area contributed by atoms with E-state index in [1.165, 1.54) is 11.3 Å². The van der Waals surface area contributed by atoms with Gasteiger partial charge in [0.1, 0.15) is 6.07 Å². The van der Waals surface area contributed by atoms with Gasteiger partial charge in [0.2, 0.25) is 0 Å². The molecule has 2 aromatic carbocycles. The molecule has 0 saturated heterocycles. The lowest BCUT2D eigenvalue weighted by Crippen LogP contribution is -2.30. The first kappa shape index (κ1) is 11.8. The van der Waals surface area contributed by atoms with E-state index in [-0.39, 0.29) is 0 Å². The molecule has 0 aromatic heterocycles. The lowest BCUT2D eigenvalue weighted by molar-refractivity contribution is 0.562. The summed E-state index contributed by atoms with van der Waals surface area (Å²) in [5.74, 6) is 0.599. The Morgan fingerprint density at radius 1 is 1.05 bits per heavy atom. The highest BCUT2D eigenvalue weighted by Gasteiger charge is 2.23. The van der Waals surface area contributed by atoms with Gasteiger partial charge in [-0.3, -0.25) is 0 Å². The number of fused-ring (bicyclic) bond motifs is 1. The van der Waals surface area contributed by atoms with Crippen molar-refractivity contribution in [2.45, 2.75) is 13.3 Å². The maximum absolute atomic E-state index is 9.29. The van der Waals surface area contributed by atoms with E-state index in [0.717, 1.165) is 24.2 Å². The Bertz CT molecular complexity index is 640. The standard InChI is InChI=1S/C17H16N2/c1-13-10-14-6-2-4-8-16(14)19(12-13)17-9-5-3-7-15(17)11-18/h2-9,13H,10,12H2,1H3. The average Bonchev–Trinajstić information content (AvgIpc) is 2.46. The van der Waals surface area contributed by atoms with Crippen molar-refractivity contribution in [3.8, 4) is 6.07 Å². The Labute approximate surface area is 113 Å². The van der Waals surface area contributed by atoms with Crippen molar-refractivity contribution in [1.29, 1.82) is 5.26 Å². The number of anilines is 2. The Morgan fingerprint density at radius 3 is 2.53 bits per heavy atom. The fourth-order valence-corrected chi connectivity index (χ4v) is 2.83. The summed E-state index contributed by atoms with van der Waals surface area (Å²) in [5, 5.41) is 9.29. The fraction of sp³-hybridized carbons (Fsp3) is 0.235. The Morgan fingerprint density at radius 2 is 1.74 bits per heavy atom. The average molecular weight is 248 g/mol. The zero-order valence-electron chi connectivity index (χ0n) is 11.0. The molecule has 1 atom stereocenters. The number of para-hydroxylation sites is 2. The number of benzene rings is 2. The highest BCUT2D eigenvalue weighted by molar-refractivity contribution is 5.72. The zero-order valence-corrected chi connectivity index (χ0v) is 11.0. The molecular formula is C17H16N2. The second-order valence-corrected chi connectivity index (χ2v) is 5.18. The molecule has 19 heavy (non-hydrogen) atoms. The van der Waals surface area contributed by atoms with Gasteiger partial charge in [-0.15, -0.1) is 0 Å². The van der Waals surface area contributed by atoms with Gasteiger partial charge in [-0.2, -0.15) is 5.26 Å². The lowest BCUT2D eigenvalue weighted by Gasteiger charge is -2.35. The first-order valence-electron chi connectivity index (χ1n) is 6.64. The van der Waals surface area contributed by atoms with E-state index < -0.39 is 0 Å². The van der Waals surface area contributed by atoms with Crippen LogP contribution in [0.5, 0.6) is 0 Å². The van der Waals surface area contributed by atoms with Crippen molar-refractivity contribution >= 4 is 11.4 Å². The van der Waals surface area contributed by atoms with Crippen LogP contribution in [0.2, 0.25) is 0 Å². The molecule has 0 spiro atoms. The maximum atomic E-state index is 9.29. The van der Waals surface area contributed by atoms with Gasteiger partial charge in [-0.25, -0.2) is 0 Å². The maximum Gasteiger partial charge on any atom is 0.101 e. The number of nitrogens with zero attached hydrogens (tertiary/aromatic N) is 2. The van der Waals surface area contributed by atoms with Crippen LogP contribution in [0.15, 0.2) is 48.5 Å². The van der Waals surface area contributed by atoms with Crippen LogP contribution in [0, 0.1) is 17.2 Å². The molecule has 2 heteroatoms. The van der Waals surface area contributed by atoms with Crippen molar-refractivity contribution in [2.75, 3.05) is 11.4 Å². The van der Waals surface area contributed by atoms with Gasteiger partial charge in [-0.05, 0) is 36.1 Å². The van der Waals surface area contributed by atoms with Crippen LogP contribution in [0.25, 0.3) is 0 Å². The molecule has 94 valence electrons. The third-order valence-electron chi connectivity index (χ3n) is 3.66. The summed E-state index contributed by atoms with van der Waals surface area (Å²) in [6.45, 7) is 3.23. The summed E-state index contributed by atoms with van der Waals surface area (Å²) >= 11 is 0. The predicted octanol–water partition coefficient (Wildman–Crippen LogP) is 3.89. The number of rotatable bonds is 1. The largest absolute Gasteiger partial charge is 0.340 e. The van der Waals surface area contributed by atoms with Gasteiger partial charge >= 0.3 is 0 Å². The summed E-state index contributed by atoms with van der Waals surface area (Å²) in [6.07, 6.45) is 1.11. The third kappa shape index (κ3) is 2.08. The molecule has 3 rings (SSSR count). The van der Waals surface area contributed by atoms with E-state index in [9.17, 15) is 5.26 Å². The number of hydrogen-bond acceptors (Lipinski definition) is 2. The van der Waals surface area contributed by atoms with Crippen molar-refractivity contribution in [3.05, 3.63) is 59.7 Å². The molecule has 2 aromatic rings. The van der Waals surface area contributed by atoms with Crippen molar-refractivity contribution < 1.29 is 0 Å². The zero-order chi connectivity index (χ0) is 13.2. The smallest absolute Gasteiger partial charge is 0.101 e. The summed E-state index contributed by atoms with van der Waals surface area (Å²) in [7, 11) is 0. The van der Waals surface area contributed by atoms with Crippen LogP contribution in [0.3, 0.4) is 0 Å². The van der Waals surface area contributed by atoms with Gasteiger partial charge in [0.25, 0.3) is 0 Å². The van der Waals surface area contributed by atoms with Crippen LogP contribution in [-0.2, 0) is 6.42 Å². The van der Waals surface area contributed by atoms with Crippen molar-refractivity contribution in [1.82, 2.24) is 0 Å². The Hall–Kier alpha value is -2.27. The molecule has 0 N–H and O–H groups in total. The second-order valence-electron chi connectivity index (χ2n) is 5.18. The molecule has 0 fully saturated rings. The molecular weight excluding hydrogens is 232 g/mol. The minimum absolute atomic E-state index is 0.599. The molecule has 0 bridgehead atoms. The molecule has 1 unspecified atom stereocenters. The topological polar surface area (TPSA) is 27.0 Å². The molecule has 0 aliphatic carbocycles. The first-order chi connectivity index (χ1) is 9.29. The third-order valence-corrected chi connectivity index (χ3v) is 3.66. The monoisotopic (exact) mass is 248 g/mol. The van der Waals surface area contributed by atoms with Gasteiger partial charge < -0.3 is 4.90 Å². The lowest BCUT2D eigenvalue weighted by atomic mass is 9.93. The number of hydrogen-bond donors (Lipinski definition) is 0. The van der Waals surface area contributed by atoms with Gasteiger partial charge in [0.05, 0.1) is 11.3 Å². The molecule has 1 aliphatic heterocycles. The SMILES string of the molecule is CC1Cc2ccccc2N(c2ccccc2C#N)C1. The summed E-state index contributed by atoms with van der Waals surface area (Å²) in [5.41, 5.74) is 4.37. The molecule has 0 amide bonds. The van der Waals surface area contributed by atoms with E-state index in [4.69, 9.17) is 0 Å². The van der Waals surface area contributed by atoms with Crippen LogP contribution in [-0.4, -0.2) is 6.54 Å². The number of nitriles is 1. The summed E-state index contributed by atoms with van der Waals surface area (Å²) < 4.78 is 0. The minimum atomic E-state index is 0.599. The van der Waals surface area contributed by atoms with E-state index in [2.05, 4.69) is 42.2 Å². The van der Waals surface area contributed by atoms with E-state index >= 15 is 0 Å². The van der Waals surface area contributed by atoms with Crippen LogP contribution in [0.4, 0.5) is 11.4 Å². The van der Waals surface area contributed by atoms with Gasteiger partial charge in [0, 0.05) is 12.2 Å². The molecule has 1 heterocycles. The van der Waals surface area contributed by atoms with E-state index in [1.807, 2.05) is 24.3 Å². The molecule has 0 saturated carbocycles. The molecule has 2 nitrogen and oxygen atoms in total. The summed E-state index contributed by atoms with van der Waals surface area (Å²) in [4.78, 5) is 2.28. The predicted molar refractivity (Wildman–Crippen MR) is 77.5 cm³/mol. The fourth-order valence-electron chi connectivity index (χ4n) is 2.83. The normalized spacial score (nSPS) is 17.7. The Balaban J connectivity index is 2.13. The van der Waals surface area contributed by atoms with Crippen molar-refractivity contribution in [2.24, 2.45) is 5.92 Å². The molecule has 0 radical (unpaired) electrons. The minimum Gasteiger partial charge on any atom is -0.340 e. The second kappa shape index (κ2) is 4.78. The quantitative estimate of drug-likeness (QED) is 0.765.